The van der Waals surface area contributed by atoms with Crippen molar-refractivity contribution in [1.82, 2.24) is 0 Å². The minimum atomic E-state index is -0.472. The third kappa shape index (κ3) is 4.97. The predicted octanol–water partition coefficient (Wildman–Crippen LogP) is 1.46. The number of Topliss-reactive ketones (excluding diaryl/α,β-unsaturated/α-hetero) is 1. The first-order valence-corrected chi connectivity index (χ1v) is 5.52. The van der Waals surface area contributed by atoms with Gasteiger partial charge in [0.1, 0.15) is 12.4 Å². The van der Waals surface area contributed by atoms with Crippen LogP contribution in [0.25, 0.3) is 0 Å². The topological polar surface area (TPSA) is 61.8 Å². The summed E-state index contributed by atoms with van der Waals surface area (Å²) in [6.07, 6.45) is 0. The zero-order valence-corrected chi connectivity index (χ0v) is 10.5. The Hall–Kier alpha value is -1.88. The van der Waals surface area contributed by atoms with E-state index in [0.717, 1.165) is 0 Å². The maximum absolute atomic E-state index is 11.2. The molecule has 0 radical (unpaired) electrons. The van der Waals surface area contributed by atoms with Gasteiger partial charge < -0.3 is 14.2 Å². The highest BCUT2D eigenvalue weighted by Gasteiger charge is 2.05. The molecule has 0 unspecified atom stereocenters. The smallest absolute Gasteiger partial charge is 0.344 e. The lowest BCUT2D eigenvalue weighted by Gasteiger charge is -2.07. The van der Waals surface area contributed by atoms with Crippen molar-refractivity contribution in [2.45, 2.75) is 6.92 Å². The number of ketones is 1. The van der Waals surface area contributed by atoms with Gasteiger partial charge in [-0.2, -0.15) is 0 Å². The molecular weight excluding hydrogens is 236 g/mol. The average molecular weight is 252 g/mol. The fourth-order valence-corrected chi connectivity index (χ4v) is 1.23. The van der Waals surface area contributed by atoms with Crippen molar-refractivity contribution in [3.8, 4) is 5.75 Å². The lowest BCUT2D eigenvalue weighted by Crippen LogP contribution is -2.17. The molecule has 0 atom stereocenters. The monoisotopic (exact) mass is 252 g/mol. The van der Waals surface area contributed by atoms with E-state index in [-0.39, 0.29) is 19.0 Å². The summed E-state index contributed by atoms with van der Waals surface area (Å²) in [5, 5.41) is 0. The number of methoxy groups -OCH3 is 1. The molecule has 0 aliphatic rings. The Labute approximate surface area is 106 Å². The highest BCUT2D eigenvalue weighted by atomic mass is 16.6. The largest absolute Gasteiger partial charge is 0.482 e. The molecule has 0 saturated carbocycles. The van der Waals surface area contributed by atoms with Crippen molar-refractivity contribution < 1.29 is 23.8 Å². The molecule has 0 saturated heterocycles. The van der Waals surface area contributed by atoms with E-state index in [0.29, 0.717) is 17.9 Å². The van der Waals surface area contributed by atoms with Gasteiger partial charge in [0.15, 0.2) is 12.4 Å². The Morgan fingerprint density at radius 3 is 2.67 bits per heavy atom. The highest BCUT2D eigenvalue weighted by molar-refractivity contribution is 5.94. The molecule has 1 aromatic carbocycles. The SMILES string of the molecule is COCCOC(=O)COc1cccc(C(C)=O)c1. The molecule has 0 aromatic heterocycles. The molecule has 0 N–H and O–H groups in total. The number of ether oxygens (including phenoxy) is 3. The standard InChI is InChI=1S/C13H16O5/c1-10(14)11-4-3-5-12(8-11)18-9-13(15)17-7-6-16-2/h3-5,8H,6-7,9H2,1-2H3. The number of carbonyl (C=O) groups is 2. The van der Waals surface area contributed by atoms with Crippen LogP contribution in [0.4, 0.5) is 0 Å². The van der Waals surface area contributed by atoms with E-state index in [1.54, 1.807) is 24.3 Å². The fourth-order valence-electron chi connectivity index (χ4n) is 1.23. The van der Waals surface area contributed by atoms with Crippen molar-refractivity contribution in [2.75, 3.05) is 26.9 Å². The van der Waals surface area contributed by atoms with Crippen molar-refractivity contribution >= 4 is 11.8 Å². The molecule has 0 aliphatic carbocycles. The van der Waals surface area contributed by atoms with Gasteiger partial charge in [-0.15, -0.1) is 0 Å². The van der Waals surface area contributed by atoms with Crippen molar-refractivity contribution in [3.05, 3.63) is 29.8 Å². The molecule has 5 nitrogen and oxygen atoms in total. The summed E-state index contributed by atoms with van der Waals surface area (Å²) in [6.45, 7) is 1.83. The number of hydrogen-bond acceptors (Lipinski definition) is 5. The molecular formula is C13H16O5. The van der Waals surface area contributed by atoms with Crippen LogP contribution >= 0.6 is 0 Å². The van der Waals surface area contributed by atoms with Crippen LogP contribution in [0, 0.1) is 0 Å². The summed E-state index contributed by atoms with van der Waals surface area (Å²) >= 11 is 0. The van der Waals surface area contributed by atoms with Gasteiger partial charge in [-0.05, 0) is 19.1 Å². The lowest BCUT2D eigenvalue weighted by molar-refractivity contribution is -0.147. The van der Waals surface area contributed by atoms with Gasteiger partial charge in [-0.25, -0.2) is 4.79 Å². The van der Waals surface area contributed by atoms with Crippen LogP contribution in [-0.4, -0.2) is 38.7 Å². The molecule has 0 amide bonds. The van der Waals surface area contributed by atoms with Crippen LogP contribution < -0.4 is 4.74 Å². The number of hydrogen-bond donors (Lipinski definition) is 0. The summed E-state index contributed by atoms with van der Waals surface area (Å²) in [7, 11) is 1.53. The lowest BCUT2D eigenvalue weighted by atomic mass is 10.1. The van der Waals surface area contributed by atoms with Gasteiger partial charge >= 0.3 is 5.97 Å². The molecule has 1 aromatic rings. The van der Waals surface area contributed by atoms with Crippen molar-refractivity contribution in [1.29, 1.82) is 0 Å². The maximum Gasteiger partial charge on any atom is 0.344 e. The zero-order chi connectivity index (χ0) is 13.4. The molecule has 18 heavy (non-hydrogen) atoms. The molecule has 0 fully saturated rings. The van der Waals surface area contributed by atoms with Gasteiger partial charge in [0.25, 0.3) is 0 Å². The Kier molecular flexibility index (Phi) is 5.87. The number of carbonyl (C=O) groups excluding carboxylic acids is 2. The summed E-state index contributed by atoms with van der Waals surface area (Å²) in [6, 6.07) is 6.65. The quantitative estimate of drug-likeness (QED) is 0.417. The first kappa shape index (κ1) is 14.2. The normalized spacial score (nSPS) is 9.89. The minimum Gasteiger partial charge on any atom is -0.482 e. The molecule has 0 heterocycles. The van der Waals surface area contributed by atoms with Gasteiger partial charge in [0.2, 0.25) is 0 Å². The van der Waals surface area contributed by atoms with Crippen molar-refractivity contribution in [3.63, 3.8) is 0 Å². The van der Waals surface area contributed by atoms with Gasteiger partial charge in [-0.1, -0.05) is 12.1 Å². The van der Waals surface area contributed by atoms with E-state index in [2.05, 4.69) is 0 Å². The van der Waals surface area contributed by atoms with Crippen molar-refractivity contribution in [2.24, 2.45) is 0 Å². The van der Waals surface area contributed by atoms with E-state index in [4.69, 9.17) is 14.2 Å². The first-order chi connectivity index (χ1) is 8.63. The van der Waals surface area contributed by atoms with Gasteiger partial charge in [0, 0.05) is 12.7 Å². The second-order valence-electron chi connectivity index (χ2n) is 3.59. The van der Waals surface area contributed by atoms with Crippen LogP contribution in [-0.2, 0) is 14.3 Å². The zero-order valence-electron chi connectivity index (χ0n) is 10.5. The second kappa shape index (κ2) is 7.45. The molecule has 0 bridgehead atoms. The Morgan fingerprint density at radius 2 is 2.00 bits per heavy atom. The maximum atomic E-state index is 11.2. The highest BCUT2D eigenvalue weighted by Crippen LogP contribution is 2.13. The molecule has 0 spiro atoms. The average Bonchev–Trinajstić information content (AvgIpc) is 2.37. The molecule has 0 aliphatic heterocycles. The summed E-state index contributed by atoms with van der Waals surface area (Å²) in [4.78, 5) is 22.4. The molecule has 5 heteroatoms. The minimum absolute atomic E-state index is 0.0527. The number of esters is 1. The Balaban J connectivity index is 2.41. The van der Waals surface area contributed by atoms with E-state index in [9.17, 15) is 9.59 Å². The van der Waals surface area contributed by atoms with Crippen LogP contribution in [0.2, 0.25) is 0 Å². The summed E-state index contributed by atoms with van der Waals surface area (Å²) < 4.78 is 14.8. The van der Waals surface area contributed by atoms with Gasteiger partial charge in [-0.3, -0.25) is 4.79 Å². The fraction of sp³-hybridized carbons (Fsp3) is 0.385. The predicted molar refractivity (Wildman–Crippen MR) is 64.8 cm³/mol. The Morgan fingerprint density at radius 1 is 1.22 bits per heavy atom. The summed E-state index contributed by atoms with van der Waals surface area (Å²) in [5.41, 5.74) is 0.542. The summed E-state index contributed by atoms with van der Waals surface area (Å²) in [5.74, 6) is -0.0604. The number of benzene rings is 1. The van der Waals surface area contributed by atoms with Crippen LogP contribution in [0.15, 0.2) is 24.3 Å². The second-order valence-corrected chi connectivity index (χ2v) is 3.59. The molecule has 1 rings (SSSR count). The van der Waals surface area contributed by atoms with E-state index in [1.165, 1.54) is 14.0 Å². The van der Waals surface area contributed by atoms with E-state index >= 15 is 0 Å². The first-order valence-electron chi connectivity index (χ1n) is 5.52. The van der Waals surface area contributed by atoms with Crippen LogP contribution in [0.1, 0.15) is 17.3 Å². The Bertz CT molecular complexity index is 414. The molecule has 98 valence electrons. The third-order valence-corrected chi connectivity index (χ3v) is 2.15. The number of rotatable bonds is 7. The third-order valence-electron chi connectivity index (χ3n) is 2.15. The van der Waals surface area contributed by atoms with E-state index < -0.39 is 5.97 Å². The van der Waals surface area contributed by atoms with Crippen LogP contribution in [0.5, 0.6) is 5.75 Å². The van der Waals surface area contributed by atoms with E-state index in [1.807, 2.05) is 0 Å². The van der Waals surface area contributed by atoms with Gasteiger partial charge in [0.05, 0.1) is 6.61 Å². The van der Waals surface area contributed by atoms with Crippen LogP contribution in [0.3, 0.4) is 0 Å².